The van der Waals surface area contributed by atoms with Crippen LogP contribution in [-0.2, 0) is 80.1 Å². The molecule has 50 heavy (non-hydrogen) atoms. The fraction of sp³-hybridized carbons (Fsp3) is 0.833. The first-order chi connectivity index (χ1) is 23.1. The molecule has 4 heterocycles. The minimum absolute atomic E-state index is 0. The summed E-state index contributed by atoms with van der Waals surface area (Å²) < 4.78 is 68.6. The van der Waals surface area contributed by atoms with Crippen molar-refractivity contribution in [3.63, 3.8) is 0 Å². The van der Waals surface area contributed by atoms with Crippen molar-refractivity contribution in [2.45, 2.75) is 73.6 Å². The molecule has 4 rings (SSSR count). The highest BCUT2D eigenvalue weighted by Gasteiger charge is 2.38. The van der Waals surface area contributed by atoms with Crippen molar-refractivity contribution in [2.75, 3.05) is 54.9 Å². The molecule has 2 saturated heterocycles. The van der Waals surface area contributed by atoms with E-state index in [4.69, 9.17) is 87.6 Å². The van der Waals surface area contributed by atoms with Crippen LogP contribution in [-0.4, -0.2) is 169 Å². The van der Waals surface area contributed by atoms with E-state index in [0.717, 1.165) is 0 Å². The Balaban J connectivity index is 0.000000422. The summed E-state index contributed by atoms with van der Waals surface area (Å²) in [7, 11) is 25.2. The van der Waals surface area contributed by atoms with Gasteiger partial charge in [0, 0.05) is 55.9 Å². The Labute approximate surface area is 308 Å². The Morgan fingerprint density at radius 2 is 1.46 bits per heavy atom. The molecule has 4 aliphatic rings. The Kier molecular flexibility index (Phi) is 22.7. The van der Waals surface area contributed by atoms with Gasteiger partial charge >= 0.3 is 0 Å². The number of rotatable bonds is 16. The lowest BCUT2D eigenvalue weighted by Gasteiger charge is -2.35. The molecule has 3 N–H and O–H groups in total. The van der Waals surface area contributed by atoms with Crippen LogP contribution in [0, 0.1) is 0 Å². The molecule has 278 valence electrons. The summed E-state index contributed by atoms with van der Waals surface area (Å²) in [5.41, 5.74) is 0. The third kappa shape index (κ3) is 16.1. The third-order valence-electron chi connectivity index (χ3n) is 7.18. The standard InChI is InChI=1S/C12H19B3O8PS.C6H12B2O5PS.C6H10O3.H2O/c1-18-4-8-11(10(16)12(13)22-8)23-24(17,25)20-5-7-6(19-2)3-9(15-14)21-7;1-11-4-2-6(8-7)13-5(4)3-12-14(9,10)15;1-8-4-6-5(7)2-3-9-6;/h6-9,12,16H,3-5H2,1-2H3,(H,17,25);4-6H,2-3H2,1H3,(H2,9,10,15);2-3,5-7H,4H2,1H3;1H2/p-4/t6-,7-,8?,9-,12?,24?;4-,5-,6-;;/m11../s1. The zero-order valence-electron chi connectivity index (χ0n) is 27.8. The molecule has 0 aromatic rings. The molecule has 26 heteroatoms. The number of hydrogen-bond donors (Lipinski definition) is 2. The second-order valence-corrected chi connectivity index (χ2v) is 15.8. The van der Waals surface area contributed by atoms with Gasteiger partial charge in [0.25, 0.3) is 0 Å². The number of hydrogen-bond acceptors (Lipinski definition) is 19. The van der Waals surface area contributed by atoms with Crippen molar-refractivity contribution in [2.24, 2.45) is 0 Å². The summed E-state index contributed by atoms with van der Waals surface area (Å²) in [6, 6.07) is -1.63. The molecule has 4 aliphatic heterocycles. The monoisotopic (exact) mass is 780 g/mol. The molecule has 2 fully saturated rings. The molecule has 5 unspecified atom stereocenters. The van der Waals surface area contributed by atoms with Crippen molar-refractivity contribution in [1.29, 1.82) is 0 Å². The molecule has 0 aliphatic carbocycles. The highest BCUT2D eigenvalue weighted by Crippen LogP contribution is 2.50. The fourth-order valence-corrected chi connectivity index (χ4v) is 6.49. The average Bonchev–Trinajstić information content (AvgIpc) is 3.83. The second kappa shape index (κ2) is 23.6. The summed E-state index contributed by atoms with van der Waals surface area (Å²) >= 11 is 8.98. The lowest BCUT2D eigenvalue weighted by Crippen LogP contribution is -2.30. The van der Waals surface area contributed by atoms with E-state index in [-0.39, 0.29) is 61.4 Å². The molecular formula is C24H39B5O17P2S2-4. The Hall–Kier alpha value is -0.0853. The molecule has 0 aromatic heterocycles. The van der Waals surface area contributed by atoms with E-state index in [9.17, 15) is 19.5 Å². The van der Waals surface area contributed by atoms with Crippen LogP contribution >= 0.6 is 13.5 Å². The quantitative estimate of drug-likeness (QED) is 0.0936. The van der Waals surface area contributed by atoms with Gasteiger partial charge in [-0.15, -0.1) is 11.8 Å². The zero-order chi connectivity index (χ0) is 36.8. The molecule has 11 atom stereocenters. The molecule has 17 nitrogen and oxygen atoms in total. The van der Waals surface area contributed by atoms with Crippen LogP contribution in [0.2, 0.25) is 0 Å². The van der Waals surface area contributed by atoms with Gasteiger partial charge in [-0.25, -0.2) is 0 Å². The largest absolute Gasteiger partial charge is 0.870 e. The van der Waals surface area contributed by atoms with Gasteiger partial charge in [0.15, 0.2) is 17.6 Å². The maximum absolute atomic E-state index is 12.4. The van der Waals surface area contributed by atoms with Gasteiger partial charge in [-0.2, -0.15) is 0 Å². The average molecular weight is 780 g/mol. The predicted octanol–water partition coefficient (Wildman–Crippen LogP) is -2.50. The van der Waals surface area contributed by atoms with Gasteiger partial charge in [0.05, 0.1) is 65.2 Å². The van der Waals surface area contributed by atoms with Crippen molar-refractivity contribution in [3.05, 3.63) is 23.9 Å². The van der Waals surface area contributed by atoms with Crippen LogP contribution in [0.5, 0.6) is 0 Å². The van der Waals surface area contributed by atoms with Crippen molar-refractivity contribution < 1.29 is 81.5 Å². The van der Waals surface area contributed by atoms with Crippen molar-refractivity contribution >= 4 is 75.2 Å². The van der Waals surface area contributed by atoms with Gasteiger partial charge in [-0.3, -0.25) is 4.57 Å². The fourth-order valence-electron chi connectivity index (χ4n) is 4.72. The summed E-state index contributed by atoms with van der Waals surface area (Å²) in [6.45, 7) is -7.90. The lowest BCUT2D eigenvalue weighted by atomic mass is 9.51. The smallest absolute Gasteiger partial charge is 0.248 e. The number of ether oxygens (including phenoxy) is 8. The van der Waals surface area contributed by atoms with Crippen molar-refractivity contribution in [3.8, 4) is 0 Å². The van der Waals surface area contributed by atoms with Crippen LogP contribution in [0.25, 0.3) is 0 Å². The summed E-state index contributed by atoms with van der Waals surface area (Å²) in [6.07, 6.45) is 1.24. The predicted molar refractivity (Wildman–Crippen MR) is 183 cm³/mol. The molecule has 0 spiro atoms. The van der Waals surface area contributed by atoms with E-state index in [1.54, 1.807) is 13.2 Å². The highest BCUT2D eigenvalue weighted by molar-refractivity contribution is 8.32. The van der Waals surface area contributed by atoms with E-state index in [1.807, 2.05) is 0 Å². The summed E-state index contributed by atoms with van der Waals surface area (Å²) in [5, 5.41) is 18.9. The minimum atomic E-state index is -4.13. The SMILES string of the molecule is COCC1OC=CC1O.[B][B][C@H]1C[C@@H](OC)[C@@H](COP(=O)([S-])OC2=C(O)C([B])OC2COC)O1.[B][B][C@H]1C[C@@H](OC)[C@@H](COP([O-])([O-])=S)O1.[OH-]. The third-order valence-corrected chi connectivity index (χ3v) is 9.39. The second-order valence-electron chi connectivity index (χ2n) is 10.6. The Morgan fingerprint density at radius 3 is 1.88 bits per heavy atom. The Bertz CT molecular complexity index is 1150. The van der Waals surface area contributed by atoms with Gasteiger partial charge < -0.3 is 89.2 Å². The first kappa shape index (κ1) is 47.9. The lowest BCUT2D eigenvalue weighted by molar-refractivity contribution is -0.322. The first-order valence-electron chi connectivity index (χ1n) is 14.7. The van der Waals surface area contributed by atoms with Gasteiger partial charge in [-0.05, 0) is 18.9 Å². The van der Waals surface area contributed by atoms with Crippen LogP contribution in [0.4, 0.5) is 0 Å². The van der Waals surface area contributed by atoms with Gasteiger partial charge in [0.2, 0.25) is 6.80 Å². The van der Waals surface area contributed by atoms with E-state index >= 15 is 0 Å². The summed E-state index contributed by atoms with van der Waals surface area (Å²) in [4.78, 5) is 21.3. The summed E-state index contributed by atoms with van der Waals surface area (Å²) in [5.74, 6) is -0.558. The minimum Gasteiger partial charge on any atom is -0.870 e. The van der Waals surface area contributed by atoms with Crippen LogP contribution in [0.3, 0.4) is 0 Å². The van der Waals surface area contributed by atoms with Crippen molar-refractivity contribution in [1.82, 2.24) is 0 Å². The van der Waals surface area contributed by atoms with Gasteiger partial charge in [0.1, 0.15) is 32.3 Å². The molecular weight excluding hydrogens is 740 g/mol. The molecule has 0 amide bonds. The Morgan fingerprint density at radius 1 is 0.940 bits per heavy atom. The van der Waals surface area contributed by atoms with Crippen LogP contribution < -0.4 is 9.79 Å². The molecule has 0 bridgehead atoms. The maximum atomic E-state index is 12.4. The van der Waals surface area contributed by atoms with Crippen LogP contribution in [0.1, 0.15) is 12.8 Å². The molecule has 0 aromatic carbocycles. The van der Waals surface area contributed by atoms with E-state index < -0.39 is 49.7 Å². The number of methoxy groups -OCH3 is 4. The normalized spacial score (nSPS) is 32.9. The number of aliphatic hydroxyl groups is 2. The zero-order valence-corrected chi connectivity index (χ0v) is 31.2. The van der Waals surface area contributed by atoms with Gasteiger partial charge in [-0.1, -0.05) is 6.72 Å². The number of aliphatic hydroxyl groups excluding tert-OH is 2. The maximum Gasteiger partial charge on any atom is 0.248 e. The van der Waals surface area contributed by atoms with E-state index in [2.05, 4.69) is 16.3 Å². The topological polar surface area (TPSA) is 235 Å². The molecule has 8 radical (unpaired) electrons. The first-order valence-corrected chi connectivity index (χ1v) is 19.8. The van der Waals surface area contributed by atoms with E-state index in [1.165, 1.54) is 41.9 Å². The van der Waals surface area contributed by atoms with E-state index in [0.29, 0.717) is 19.4 Å². The molecule has 0 saturated carbocycles. The van der Waals surface area contributed by atoms with Crippen LogP contribution in [0.15, 0.2) is 23.9 Å². The highest BCUT2D eigenvalue weighted by atomic mass is 32.7.